The minimum Gasteiger partial charge on any atom is -0.238 e. The molecule has 0 bridgehead atoms. The Hall–Kier alpha value is -0.910. The first kappa shape index (κ1) is 13.5. The van der Waals surface area contributed by atoms with Crippen molar-refractivity contribution in [3.63, 3.8) is 0 Å². The maximum Gasteiger partial charge on any atom is 0.255 e. The van der Waals surface area contributed by atoms with E-state index in [1.54, 1.807) is 24.3 Å². The van der Waals surface area contributed by atoms with E-state index in [1.165, 1.54) is 17.3 Å². The second-order valence-corrected chi connectivity index (χ2v) is 6.46. The summed E-state index contributed by atoms with van der Waals surface area (Å²) in [5.74, 6) is 0. The zero-order valence-electron chi connectivity index (χ0n) is 10.7. The molecule has 1 fully saturated rings. The van der Waals surface area contributed by atoms with Crippen molar-refractivity contribution in [1.29, 1.82) is 0 Å². The number of hydrogen-bond donors (Lipinski definition) is 1. The minimum atomic E-state index is -3.42. The van der Waals surface area contributed by atoms with Gasteiger partial charge >= 0.3 is 0 Å². The highest BCUT2D eigenvalue weighted by Gasteiger charge is 2.26. The molecule has 0 saturated heterocycles. The van der Waals surface area contributed by atoms with Crippen LogP contribution in [-0.2, 0) is 10.0 Å². The Kier molecular flexibility index (Phi) is 4.37. The van der Waals surface area contributed by atoms with E-state index in [4.69, 9.17) is 0 Å². The van der Waals surface area contributed by atoms with Gasteiger partial charge in [0.15, 0.2) is 0 Å². The monoisotopic (exact) mass is 268 g/mol. The summed E-state index contributed by atoms with van der Waals surface area (Å²) in [5.41, 5.74) is 3.15. The number of nitrogens with zero attached hydrogens (tertiary/aromatic N) is 1. The molecule has 18 heavy (non-hydrogen) atoms. The molecule has 4 nitrogen and oxygen atoms in total. The highest BCUT2D eigenvalue weighted by Crippen LogP contribution is 2.20. The summed E-state index contributed by atoms with van der Waals surface area (Å²) in [4.78, 5) is 0.345. The van der Waals surface area contributed by atoms with Gasteiger partial charge in [-0.25, -0.2) is 13.8 Å². The third-order valence-electron chi connectivity index (χ3n) is 3.30. The summed E-state index contributed by atoms with van der Waals surface area (Å²) in [6, 6.07) is 8.87. The van der Waals surface area contributed by atoms with Gasteiger partial charge < -0.3 is 0 Å². The second-order valence-electron chi connectivity index (χ2n) is 4.59. The van der Waals surface area contributed by atoms with Crippen LogP contribution >= 0.6 is 0 Å². The van der Waals surface area contributed by atoms with E-state index in [-0.39, 0.29) is 0 Å². The molecule has 1 saturated carbocycles. The van der Waals surface area contributed by atoms with Crippen LogP contribution in [0.5, 0.6) is 0 Å². The topological polar surface area (TPSA) is 49.4 Å². The van der Waals surface area contributed by atoms with Crippen LogP contribution in [0.4, 0.5) is 0 Å². The molecule has 1 aliphatic carbocycles. The second kappa shape index (κ2) is 5.82. The Morgan fingerprint density at radius 1 is 1.22 bits per heavy atom. The van der Waals surface area contributed by atoms with Gasteiger partial charge in [0.25, 0.3) is 10.0 Å². The van der Waals surface area contributed by atoms with Crippen molar-refractivity contribution >= 4 is 10.0 Å². The fourth-order valence-electron chi connectivity index (χ4n) is 2.31. The molecule has 100 valence electrons. The SMILES string of the molecule is CCN(NC1CCCC1)S(=O)(=O)c1ccccc1. The summed E-state index contributed by atoms with van der Waals surface area (Å²) >= 11 is 0. The van der Waals surface area contributed by atoms with E-state index < -0.39 is 10.0 Å². The van der Waals surface area contributed by atoms with E-state index in [0.29, 0.717) is 17.5 Å². The molecule has 0 spiro atoms. The van der Waals surface area contributed by atoms with Gasteiger partial charge in [0.2, 0.25) is 0 Å². The predicted octanol–water partition coefficient (Wildman–Crippen LogP) is 2.14. The van der Waals surface area contributed by atoms with E-state index in [1.807, 2.05) is 13.0 Å². The smallest absolute Gasteiger partial charge is 0.238 e. The van der Waals surface area contributed by atoms with Crippen LogP contribution in [0.25, 0.3) is 0 Å². The molecule has 0 atom stereocenters. The standard InChI is InChI=1S/C13H20N2O2S/c1-2-15(14-12-8-6-7-9-12)18(16,17)13-10-4-3-5-11-13/h3-5,10-12,14H,2,6-9H2,1H3. The zero-order valence-corrected chi connectivity index (χ0v) is 11.5. The van der Waals surface area contributed by atoms with Crippen molar-refractivity contribution < 1.29 is 8.42 Å². The van der Waals surface area contributed by atoms with Crippen molar-refractivity contribution in [1.82, 2.24) is 9.84 Å². The molecule has 0 aromatic heterocycles. The van der Waals surface area contributed by atoms with Crippen molar-refractivity contribution in [2.24, 2.45) is 0 Å². The molecule has 5 heteroatoms. The van der Waals surface area contributed by atoms with Crippen LogP contribution in [0.2, 0.25) is 0 Å². The highest BCUT2D eigenvalue weighted by molar-refractivity contribution is 7.89. The zero-order chi connectivity index (χ0) is 13.0. The third-order valence-corrected chi connectivity index (χ3v) is 5.11. The van der Waals surface area contributed by atoms with Crippen LogP contribution in [0.1, 0.15) is 32.6 Å². The largest absolute Gasteiger partial charge is 0.255 e. The summed E-state index contributed by atoms with van der Waals surface area (Å²) in [6.45, 7) is 2.29. The van der Waals surface area contributed by atoms with Crippen molar-refractivity contribution in [2.75, 3.05) is 6.54 Å². The van der Waals surface area contributed by atoms with E-state index in [0.717, 1.165) is 12.8 Å². The fourth-order valence-corrected chi connectivity index (χ4v) is 3.69. The van der Waals surface area contributed by atoms with Gasteiger partial charge in [-0.15, -0.1) is 4.41 Å². The number of hydrogen-bond acceptors (Lipinski definition) is 3. The molecular formula is C13H20N2O2S. The van der Waals surface area contributed by atoms with Crippen molar-refractivity contribution in [3.8, 4) is 0 Å². The summed E-state index contributed by atoms with van der Waals surface area (Å²) < 4.78 is 26.2. The van der Waals surface area contributed by atoms with Gasteiger partial charge in [-0.05, 0) is 31.9 Å². The van der Waals surface area contributed by atoms with Gasteiger partial charge in [0.1, 0.15) is 0 Å². The first-order valence-corrected chi connectivity index (χ1v) is 7.92. The lowest BCUT2D eigenvalue weighted by Crippen LogP contribution is -2.47. The van der Waals surface area contributed by atoms with Crippen LogP contribution in [0.3, 0.4) is 0 Å². The Bertz CT molecular complexity index is 467. The molecule has 1 N–H and O–H groups in total. The molecule has 0 radical (unpaired) electrons. The third kappa shape index (κ3) is 2.91. The van der Waals surface area contributed by atoms with Crippen LogP contribution < -0.4 is 5.43 Å². The Labute approximate surface area is 109 Å². The Morgan fingerprint density at radius 2 is 1.83 bits per heavy atom. The predicted molar refractivity (Wildman–Crippen MR) is 71.4 cm³/mol. The van der Waals surface area contributed by atoms with Crippen LogP contribution in [-0.4, -0.2) is 25.4 Å². The lowest BCUT2D eigenvalue weighted by Gasteiger charge is -2.25. The molecule has 0 aliphatic heterocycles. The molecular weight excluding hydrogens is 248 g/mol. The summed E-state index contributed by atoms with van der Waals surface area (Å²) in [7, 11) is -3.42. The lowest BCUT2D eigenvalue weighted by molar-refractivity contribution is 0.281. The molecule has 2 rings (SSSR count). The van der Waals surface area contributed by atoms with E-state index in [9.17, 15) is 8.42 Å². The number of nitrogens with one attached hydrogen (secondary N) is 1. The quantitative estimate of drug-likeness (QED) is 0.832. The van der Waals surface area contributed by atoms with Gasteiger partial charge in [-0.3, -0.25) is 0 Å². The number of benzene rings is 1. The van der Waals surface area contributed by atoms with Crippen molar-refractivity contribution in [3.05, 3.63) is 30.3 Å². The molecule has 0 amide bonds. The van der Waals surface area contributed by atoms with Crippen LogP contribution in [0, 0.1) is 0 Å². The summed E-state index contributed by atoms with van der Waals surface area (Å²) in [6.07, 6.45) is 4.48. The lowest BCUT2D eigenvalue weighted by atomic mass is 10.3. The molecule has 1 aliphatic rings. The van der Waals surface area contributed by atoms with E-state index in [2.05, 4.69) is 5.43 Å². The highest BCUT2D eigenvalue weighted by atomic mass is 32.2. The van der Waals surface area contributed by atoms with Gasteiger partial charge in [-0.1, -0.05) is 31.0 Å². The summed E-state index contributed by atoms with van der Waals surface area (Å²) in [5, 5.41) is 0. The fraction of sp³-hybridized carbons (Fsp3) is 0.538. The normalized spacial score (nSPS) is 17.4. The van der Waals surface area contributed by atoms with E-state index >= 15 is 0 Å². The Balaban J connectivity index is 2.15. The average Bonchev–Trinajstić information content (AvgIpc) is 2.89. The number of rotatable bonds is 5. The van der Waals surface area contributed by atoms with Gasteiger partial charge in [-0.2, -0.15) is 0 Å². The van der Waals surface area contributed by atoms with Gasteiger partial charge in [0.05, 0.1) is 4.90 Å². The first-order valence-electron chi connectivity index (χ1n) is 6.48. The average molecular weight is 268 g/mol. The molecule has 0 heterocycles. The maximum absolute atomic E-state index is 12.4. The van der Waals surface area contributed by atoms with Crippen LogP contribution in [0.15, 0.2) is 35.2 Å². The molecule has 0 unspecified atom stereocenters. The molecule has 1 aromatic carbocycles. The van der Waals surface area contributed by atoms with Gasteiger partial charge in [0, 0.05) is 12.6 Å². The maximum atomic E-state index is 12.4. The first-order chi connectivity index (χ1) is 8.64. The number of sulfonamides is 1. The van der Waals surface area contributed by atoms with Crippen molar-refractivity contribution in [2.45, 2.75) is 43.5 Å². The molecule has 1 aromatic rings. The minimum absolute atomic E-state index is 0.295. The Morgan fingerprint density at radius 3 is 2.39 bits per heavy atom. The number of hydrazine groups is 1.